The minimum atomic E-state index is -2.22. The zero-order valence-electron chi connectivity index (χ0n) is 16.9. The molecular weight excluding hydrogens is 388 g/mol. The summed E-state index contributed by atoms with van der Waals surface area (Å²) in [6, 6.07) is 0. The number of aliphatic hydroxyl groups is 2. The normalized spacial score (nSPS) is 39.9. The minimum Gasteiger partial charge on any atom is -0.466 e. The molecule has 4 rings (SSSR count). The van der Waals surface area contributed by atoms with Crippen LogP contribution in [0.3, 0.4) is 0 Å². The number of amides is 2. The molecule has 0 aromatic carbocycles. The van der Waals surface area contributed by atoms with Crippen LogP contribution in [0.1, 0.15) is 40.5 Å². The molecule has 0 aromatic rings. The van der Waals surface area contributed by atoms with E-state index in [0.717, 1.165) is 0 Å². The molecule has 11 nitrogen and oxygen atoms in total. The van der Waals surface area contributed by atoms with Crippen molar-refractivity contribution in [2.24, 2.45) is 5.92 Å². The van der Waals surface area contributed by atoms with Gasteiger partial charge >= 0.3 is 5.97 Å². The van der Waals surface area contributed by atoms with Crippen LogP contribution in [0.5, 0.6) is 0 Å². The fourth-order valence-corrected chi connectivity index (χ4v) is 4.08. The maximum atomic E-state index is 13.0. The third-order valence-electron chi connectivity index (χ3n) is 5.59. The van der Waals surface area contributed by atoms with E-state index in [1.165, 1.54) is 6.92 Å². The number of hydrogen-bond donors (Lipinski definition) is 4. The van der Waals surface area contributed by atoms with Crippen LogP contribution in [0.25, 0.3) is 0 Å². The lowest BCUT2D eigenvalue weighted by molar-refractivity contribution is -0.248. The lowest BCUT2D eigenvalue weighted by Crippen LogP contribution is -2.83. The van der Waals surface area contributed by atoms with E-state index < -0.39 is 52.6 Å². The van der Waals surface area contributed by atoms with Gasteiger partial charge in [0.2, 0.25) is 5.72 Å². The van der Waals surface area contributed by atoms with E-state index in [4.69, 9.17) is 18.9 Å². The molecule has 4 aliphatic rings. The first-order valence-corrected chi connectivity index (χ1v) is 9.52. The Balaban J connectivity index is 1.84. The number of piperazine rings is 1. The second-order valence-corrected chi connectivity index (χ2v) is 8.38. The molecule has 11 heteroatoms. The van der Waals surface area contributed by atoms with Crippen molar-refractivity contribution in [3.8, 4) is 0 Å². The molecule has 29 heavy (non-hydrogen) atoms. The number of carbonyl (C=O) groups is 3. The van der Waals surface area contributed by atoms with Crippen LogP contribution in [0, 0.1) is 5.92 Å². The summed E-state index contributed by atoms with van der Waals surface area (Å²) in [5, 5.41) is 26.6. The van der Waals surface area contributed by atoms with Crippen molar-refractivity contribution in [3.05, 3.63) is 0 Å². The Morgan fingerprint density at radius 2 is 1.93 bits per heavy atom. The number of esters is 1. The SMILES string of the molecule is CC(=O)OCC[C@@H]1CCO[C@]2([C@@H](O)[C@]3(C)COC(C)(C)O3)NC(=O)[C@@]1(O)NC2=O. The number of rotatable bonds is 5. The molecule has 4 N–H and O–H groups in total. The predicted octanol–water partition coefficient (Wildman–Crippen LogP) is -1.49. The van der Waals surface area contributed by atoms with Gasteiger partial charge in [-0.05, 0) is 33.6 Å². The smallest absolute Gasteiger partial charge is 0.302 e. The predicted molar refractivity (Wildman–Crippen MR) is 94.8 cm³/mol. The summed E-state index contributed by atoms with van der Waals surface area (Å²) in [5.74, 6) is -4.08. The topological polar surface area (TPSA) is 153 Å². The first-order chi connectivity index (χ1) is 13.3. The number of nitrogens with one attached hydrogen (secondary N) is 2. The Kier molecular flexibility index (Phi) is 5.41. The van der Waals surface area contributed by atoms with E-state index in [2.05, 4.69) is 10.6 Å². The monoisotopic (exact) mass is 416 g/mol. The molecule has 0 radical (unpaired) electrons. The van der Waals surface area contributed by atoms with Crippen LogP contribution >= 0.6 is 0 Å². The molecule has 2 amide bonds. The molecule has 4 heterocycles. The summed E-state index contributed by atoms with van der Waals surface area (Å²) in [4.78, 5) is 36.8. The Morgan fingerprint density at radius 1 is 1.24 bits per heavy atom. The summed E-state index contributed by atoms with van der Waals surface area (Å²) in [6.45, 7) is 6.00. The molecule has 0 saturated carbocycles. The average molecular weight is 416 g/mol. The number of aliphatic hydroxyl groups excluding tert-OH is 1. The highest BCUT2D eigenvalue weighted by Gasteiger charge is 2.66. The van der Waals surface area contributed by atoms with E-state index in [0.29, 0.717) is 0 Å². The highest BCUT2D eigenvalue weighted by atomic mass is 16.8. The van der Waals surface area contributed by atoms with Gasteiger partial charge in [0.05, 0.1) is 19.8 Å². The Morgan fingerprint density at radius 3 is 2.52 bits per heavy atom. The maximum absolute atomic E-state index is 13.0. The number of hydrogen-bond acceptors (Lipinski definition) is 9. The number of ether oxygens (including phenoxy) is 4. The van der Waals surface area contributed by atoms with Gasteiger partial charge in [0.1, 0.15) is 11.7 Å². The minimum absolute atomic E-state index is 0.0302. The molecular formula is C18H28N2O9. The lowest BCUT2D eigenvalue weighted by atomic mass is 9.81. The van der Waals surface area contributed by atoms with E-state index in [9.17, 15) is 24.6 Å². The van der Waals surface area contributed by atoms with E-state index in [1.807, 2.05) is 0 Å². The zero-order chi connectivity index (χ0) is 21.7. The molecule has 0 aromatic heterocycles. The van der Waals surface area contributed by atoms with E-state index >= 15 is 0 Å². The third kappa shape index (κ3) is 3.73. The summed E-state index contributed by atoms with van der Waals surface area (Å²) >= 11 is 0. The van der Waals surface area contributed by atoms with Crippen LogP contribution in [-0.4, -0.2) is 76.8 Å². The molecule has 2 bridgehead atoms. The molecule has 0 unspecified atom stereocenters. The van der Waals surface area contributed by atoms with Gasteiger partial charge in [0.15, 0.2) is 5.79 Å². The van der Waals surface area contributed by atoms with Crippen LogP contribution < -0.4 is 10.6 Å². The quantitative estimate of drug-likeness (QED) is 0.393. The fraction of sp³-hybridized carbons (Fsp3) is 0.833. The van der Waals surface area contributed by atoms with Gasteiger partial charge in [-0.15, -0.1) is 0 Å². The van der Waals surface area contributed by atoms with Gasteiger partial charge in [-0.2, -0.15) is 0 Å². The van der Waals surface area contributed by atoms with Crippen molar-refractivity contribution in [1.29, 1.82) is 0 Å². The maximum Gasteiger partial charge on any atom is 0.302 e. The molecule has 4 aliphatic heterocycles. The van der Waals surface area contributed by atoms with Crippen molar-refractivity contribution in [2.45, 2.75) is 69.5 Å². The van der Waals surface area contributed by atoms with Crippen molar-refractivity contribution in [2.75, 3.05) is 19.8 Å². The zero-order valence-corrected chi connectivity index (χ0v) is 16.9. The van der Waals surface area contributed by atoms with E-state index in [1.54, 1.807) is 20.8 Å². The highest BCUT2D eigenvalue weighted by Crippen LogP contribution is 2.40. The van der Waals surface area contributed by atoms with Gasteiger partial charge in [0.25, 0.3) is 17.5 Å². The Hall–Kier alpha value is -1.79. The van der Waals surface area contributed by atoms with Gasteiger partial charge < -0.3 is 39.8 Å². The van der Waals surface area contributed by atoms with Crippen LogP contribution in [0.15, 0.2) is 0 Å². The highest BCUT2D eigenvalue weighted by molar-refractivity contribution is 6.01. The summed E-state index contributed by atoms with van der Waals surface area (Å²) in [7, 11) is 0. The molecule has 4 saturated heterocycles. The summed E-state index contributed by atoms with van der Waals surface area (Å²) < 4.78 is 21.9. The molecule has 4 fully saturated rings. The van der Waals surface area contributed by atoms with Crippen LogP contribution in [0.4, 0.5) is 0 Å². The number of fused-ring (bicyclic) bond motifs is 5. The Labute approximate surface area is 168 Å². The second-order valence-electron chi connectivity index (χ2n) is 8.38. The van der Waals surface area contributed by atoms with E-state index in [-0.39, 0.29) is 32.7 Å². The van der Waals surface area contributed by atoms with Gasteiger partial charge in [0, 0.05) is 12.8 Å². The van der Waals surface area contributed by atoms with Crippen molar-refractivity contribution < 1.29 is 43.5 Å². The van der Waals surface area contributed by atoms with Crippen molar-refractivity contribution in [3.63, 3.8) is 0 Å². The van der Waals surface area contributed by atoms with Crippen molar-refractivity contribution >= 4 is 17.8 Å². The fourth-order valence-electron chi connectivity index (χ4n) is 4.08. The summed E-state index contributed by atoms with van der Waals surface area (Å²) in [6.07, 6.45) is -1.31. The summed E-state index contributed by atoms with van der Waals surface area (Å²) in [5.41, 5.74) is -5.72. The van der Waals surface area contributed by atoms with Gasteiger partial charge in [-0.25, -0.2) is 0 Å². The average Bonchev–Trinajstić information content (AvgIpc) is 2.90. The van der Waals surface area contributed by atoms with Crippen LogP contribution in [0.2, 0.25) is 0 Å². The molecule has 0 aliphatic carbocycles. The largest absolute Gasteiger partial charge is 0.466 e. The molecule has 5 atom stereocenters. The van der Waals surface area contributed by atoms with Crippen molar-refractivity contribution in [1.82, 2.24) is 10.6 Å². The first kappa shape index (κ1) is 21.9. The number of carbonyl (C=O) groups excluding carboxylic acids is 3. The second kappa shape index (κ2) is 7.17. The molecule has 164 valence electrons. The third-order valence-corrected chi connectivity index (χ3v) is 5.59. The Bertz CT molecular complexity index is 713. The van der Waals surface area contributed by atoms with Crippen LogP contribution in [-0.2, 0) is 33.3 Å². The standard InChI is InChI=1S/C18H28N2O9/c1-10(21)26-7-5-11-6-8-27-18(14(24)19-17(11,25)13(23)20-18)12(22)16(4)9-28-15(2,3)29-16/h11-12,22,25H,5-9H2,1-4H3,(H,19,24)(H,20,23)/t11-,12+,16+,17-,18+/m1/s1. The lowest BCUT2D eigenvalue weighted by Gasteiger charge is -2.51. The molecule has 0 spiro atoms. The van der Waals surface area contributed by atoms with Gasteiger partial charge in [-0.1, -0.05) is 0 Å². The van der Waals surface area contributed by atoms with Gasteiger partial charge in [-0.3, -0.25) is 14.4 Å². The first-order valence-electron chi connectivity index (χ1n) is 9.52.